The second-order valence-corrected chi connectivity index (χ2v) is 8.16. The number of nitrogens with zero attached hydrogens (tertiary/aromatic N) is 2. The first-order valence-corrected chi connectivity index (χ1v) is 11.2. The summed E-state index contributed by atoms with van der Waals surface area (Å²) in [5.74, 6) is -0.988. The molecule has 1 N–H and O–H groups in total. The van der Waals surface area contributed by atoms with Gasteiger partial charge in [0.2, 0.25) is 5.91 Å². The zero-order valence-electron chi connectivity index (χ0n) is 17.9. The van der Waals surface area contributed by atoms with E-state index >= 15 is 0 Å². The van der Waals surface area contributed by atoms with Gasteiger partial charge in [-0.3, -0.25) is 19.7 Å². The molecule has 0 spiro atoms. The fourth-order valence-corrected chi connectivity index (χ4v) is 4.19. The van der Waals surface area contributed by atoms with Crippen molar-refractivity contribution >= 4 is 40.9 Å². The van der Waals surface area contributed by atoms with E-state index in [0.717, 1.165) is 25.9 Å². The lowest BCUT2D eigenvalue weighted by Crippen LogP contribution is -2.29. The lowest BCUT2D eigenvalue weighted by atomic mass is 10.2. The first-order valence-electron chi connectivity index (χ1n) is 10.2. The molecule has 1 heterocycles. The van der Waals surface area contributed by atoms with E-state index < -0.39 is 23.4 Å². The monoisotopic (exact) mass is 473 g/mol. The van der Waals surface area contributed by atoms with E-state index in [1.165, 1.54) is 37.1 Å². The van der Waals surface area contributed by atoms with Gasteiger partial charge in [-0.1, -0.05) is 12.1 Å². The third-order valence-electron chi connectivity index (χ3n) is 4.92. The van der Waals surface area contributed by atoms with E-state index in [1.54, 1.807) is 24.3 Å². The lowest BCUT2D eigenvalue weighted by Gasteiger charge is -2.15. The van der Waals surface area contributed by atoms with Crippen molar-refractivity contribution in [2.45, 2.75) is 17.7 Å². The topological polar surface area (TPSA) is 128 Å². The fourth-order valence-electron chi connectivity index (χ4n) is 3.25. The minimum absolute atomic E-state index is 0.0251. The Morgan fingerprint density at radius 1 is 1.15 bits per heavy atom. The fraction of sp³-hybridized carbons (Fsp3) is 0.318. The minimum Gasteiger partial charge on any atom is -0.494 e. The van der Waals surface area contributed by atoms with Crippen LogP contribution in [0.3, 0.4) is 0 Å². The molecule has 1 saturated heterocycles. The van der Waals surface area contributed by atoms with Gasteiger partial charge in [0, 0.05) is 24.1 Å². The van der Waals surface area contributed by atoms with Crippen LogP contribution < -0.4 is 10.1 Å². The molecule has 0 unspecified atom stereocenters. The van der Waals surface area contributed by atoms with Crippen molar-refractivity contribution in [3.63, 3.8) is 0 Å². The molecular weight excluding hydrogens is 450 g/mol. The second kappa shape index (κ2) is 11.3. The molecule has 2 aromatic rings. The van der Waals surface area contributed by atoms with Gasteiger partial charge >= 0.3 is 5.97 Å². The molecule has 3 rings (SSSR count). The number of rotatable bonds is 9. The second-order valence-electron chi connectivity index (χ2n) is 7.14. The summed E-state index contributed by atoms with van der Waals surface area (Å²) in [6.45, 7) is 0.958. The van der Waals surface area contributed by atoms with Crippen LogP contribution in [0.1, 0.15) is 23.2 Å². The Labute approximate surface area is 194 Å². The molecule has 0 bridgehead atoms. The predicted octanol–water partition coefficient (Wildman–Crippen LogP) is 3.11. The van der Waals surface area contributed by atoms with Crippen molar-refractivity contribution < 1.29 is 28.8 Å². The van der Waals surface area contributed by atoms with Crippen LogP contribution in [0, 0.1) is 10.1 Å². The summed E-state index contributed by atoms with van der Waals surface area (Å²) >= 11 is 1.25. The highest BCUT2D eigenvalue weighted by atomic mass is 32.2. The number of nitro benzene ring substituents is 1. The SMILES string of the molecule is COc1cc([N+](=O)[O-])ccc1NC(=O)COC(=O)c1ccccc1SCC(=O)N1CCCC1. The Morgan fingerprint density at radius 3 is 2.58 bits per heavy atom. The number of thioether (sulfide) groups is 1. The number of likely N-dealkylation sites (tertiary alicyclic amines) is 1. The van der Waals surface area contributed by atoms with Crippen LogP contribution in [-0.4, -0.2) is 60.2 Å². The number of benzene rings is 2. The first kappa shape index (κ1) is 24.1. The van der Waals surface area contributed by atoms with Crippen LogP contribution in [0.4, 0.5) is 11.4 Å². The highest BCUT2D eigenvalue weighted by Gasteiger charge is 2.20. The van der Waals surface area contributed by atoms with Crippen LogP contribution in [0.15, 0.2) is 47.4 Å². The number of non-ortho nitro benzene ring substituents is 1. The standard InChI is InChI=1S/C22H23N3O7S/c1-31-18-12-15(25(29)30)8-9-17(18)23-20(26)13-32-22(28)16-6-2-3-7-19(16)33-14-21(27)24-10-4-5-11-24/h2-3,6-9,12H,4-5,10-11,13-14H2,1H3,(H,23,26). The largest absolute Gasteiger partial charge is 0.494 e. The number of anilines is 1. The smallest absolute Gasteiger partial charge is 0.339 e. The van der Waals surface area contributed by atoms with Gasteiger partial charge in [-0.2, -0.15) is 0 Å². The molecule has 1 fully saturated rings. The molecule has 0 atom stereocenters. The number of ether oxygens (including phenoxy) is 2. The zero-order valence-corrected chi connectivity index (χ0v) is 18.8. The molecule has 0 saturated carbocycles. The molecule has 174 valence electrons. The number of amides is 2. The highest BCUT2D eigenvalue weighted by Crippen LogP contribution is 2.29. The van der Waals surface area contributed by atoms with Crippen molar-refractivity contribution in [1.29, 1.82) is 0 Å². The van der Waals surface area contributed by atoms with E-state index in [0.29, 0.717) is 4.90 Å². The van der Waals surface area contributed by atoms with Gasteiger partial charge in [0.15, 0.2) is 6.61 Å². The number of nitro groups is 1. The zero-order chi connectivity index (χ0) is 23.8. The van der Waals surface area contributed by atoms with E-state index in [9.17, 15) is 24.5 Å². The molecule has 2 amide bonds. The van der Waals surface area contributed by atoms with Gasteiger partial charge in [0.1, 0.15) is 5.75 Å². The predicted molar refractivity (Wildman–Crippen MR) is 122 cm³/mol. The summed E-state index contributed by atoms with van der Waals surface area (Å²) in [5, 5.41) is 13.4. The van der Waals surface area contributed by atoms with Gasteiger partial charge in [-0.15, -0.1) is 11.8 Å². The number of methoxy groups -OCH3 is 1. The van der Waals surface area contributed by atoms with Crippen LogP contribution in [0.25, 0.3) is 0 Å². The Bertz CT molecular complexity index is 1050. The lowest BCUT2D eigenvalue weighted by molar-refractivity contribution is -0.384. The van der Waals surface area contributed by atoms with Gasteiger partial charge in [0.25, 0.3) is 11.6 Å². The summed E-state index contributed by atoms with van der Waals surface area (Å²) in [5.41, 5.74) is 0.284. The van der Waals surface area contributed by atoms with Crippen molar-refractivity contribution in [2.75, 3.05) is 37.9 Å². The average molecular weight is 474 g/mol. The molecule has 0 aliphatic carbocycles. The third kappa shape index (κ3) is 6.45. The summed E-state index contributed by atoms with van der Waals surface area (Å²) < 4.78 is 10.2. The number of carbonyl (C=O) groups is 3. The van der Waals surface area contributed by atoms with Crippen LogP contribution in [-0.2, 0) is 14.3 Å². The number of hydrogen-bond donors (Lipinski definition) is 1. The Balaban J connectivity index is 1.57. The van der Waals surface area contributed by atoms with Gasteiger partial charge in [-0.05, 0) is 31.0 Å². The maximum absolute atomic E-state index is 12.6. The van der Waals surface area contributed by atoms with E-state index in [-0.39, 0.29) is 34.3 Å². The van der Waals surface area contributed by atoms with Gasteiger partial charge in [-0.25, -0.2) is 4.79 Å². The van der Waals surface area contributed by atoms with Crippen molar-refractivity contribution in [1.82, 2.24) is 4.90 Å². The molecule has 0 aromatic heterocycles. The summed E-state index contributed by atoms with van der Waals surface area (Å²) in [7, 11) is 1.32. The highest BCUT2D eigenvalue weighted by molar-refractivity contribution is 8.00. The summed E-state index contributed by atoms with van der Waals surface area (Å²) in [6, 6.07) is 10.5. The maximum Gasteiger partial charge on any atom is 0.339 e. The summed E-state index contributed by atoms with van der Waals surface area (Å²) in [4.78, 5) is 49.8. The normalized spacial score (nSPS) is 12.8. The number of hydrogen-bond acceptors (Lipinski definition) is 8. The number of carbonyl (C=O) groups excluding carboxylic acids is 3. The van der Waals surface area contributed by atoms with Crippen molar-refractivity contribution in [3.8, 4) is 5.75 Å². The van der Waals surface area contributed by atoms with Crippen LogP contribution >= 0.6 is 11.8 Å². The van der Waals surface area contributed by atoms with E-state index in [4.69, 9.17) is 9.47 Å². The Hall–Kier alpha value is -3.60. The molecule has 1 aliphatic rings. The molecule has 33 heavy (non-hydrogen) atoms. The van der Waals surface area contributed by atoms with Crippen LogP contribution in [0.5, 0.6) is 5.75 Å². The van der Waals surface area contributed by atoms with Gasteiger partial charge < -0.3 is 19.7 Å². The summed E-state index contributed by atoms with van der Waals surface area (Å²) in [6.07, 6.45) is 2.01. The van der Waals surface area contributed by atoms with E-state index in [1.807, 2.05) is 4.90 Å². The molecule has 10 nitrogen and oxygen atoms in total. The van der Waals surface area contributed by atoms with Gasteiger partial charge in [0.05, 0.1) is 35.1 Å². The first-order chi connectivity index (χ1) is 15.9. The molecule has 0 radical (unpaired) electrons. The number of esters is 1. The minimum atomic E-state index is -0.697. The maximum atomic E-state index is 12.6. The van der Waals surface area contributed by atoms with E-state index in [2.05, 4.69) is 5.32 Å². The molecule has 2 aromatic carbocycles. The molecular formula is C22H23N3O7S. The van der Waals surface area contributed by atoms with Crippen molar-refractivity contribution in [2.24, 2.45) is 0 Å². The average Bonchev–Trinajstić information content (AvgIpc) is 3.36. The molecule has 11 heteroatoms. The Morgan fingerprint density at radius 2 is 1.88 bits per heavy atom. The number of nitrogens with one attached hydrogen (secondary N) is 1. The quantitative estimate of drug-likeness (QED) is 0.255. The Kier molecular flexibility index (Phi) is 8.25. The van der Waals surface area contributed by atoms with Crippen LogP contribution in [0.2, 0.25) is 0 Å². The third-order valence-corrected chi connectivity index (χ3v) is 5.98. The van der Waals surface area contributed by atoms with Crippen molar-refractivity contribution in [3.05, 3.63) is 58.1 Å². The molecule has 1 aliphatic heterocycles.